The summed E-state index contributed by atoms with van der Waals surface area (Å²) >= 11 is 6.91. The van der Waals surface area contributed by atoms with E-state index < -0.39 is 8.07 Å². The van der Waals surface area contributed by atoms with Gasteiger partial charge in [-0.05, 0) is 61.6 Å². The Morgan fingerprint density at radius 3 is 2.58 bits per heavy atom. The molecule has 0 spiro atoms. The number of ether oxygens (including phenoxy) is 3. The Balaban J connectivity index is 1.01. The van der Waals surface area contributed by atoms with E-state index in [9.17, 15) is 0 Å². The van der Waals surface area contributed by atoms with E-state index in [1.165, 1.54) is 5.56 Å². The van der Waals surface area contributed by atoms with Gasteiger partial charge in [-0.2, -0.15) is 5.10 Å². The molecule has 11 heteroatoms. The molecule has 0 atom stereocenters. The number of nitrogens with zero attached hydrogens (tertiary/aromatic N) is 6. The van der Waals surface area contributed by atoms with Gasteiger partial charge in [-0.15, -0.1) is 0 Å². The normalized spacial score (nSPS) is 16.4. The van der Waals surface area contributed by atoms with Crippen molar-refractivity contribution in [3.63, 3.8) is 0 Å². The smallest absolute Gasteiger partial charge is 0.148 e. The molecule has 1 aliphatic carbocycles. The largest absolute Gasteiger partial charge is 0.456 e. The van der Waals surface area contributed by atoms with Gasteiger partial charge in [0.05, 0.1) is 47.3 Å². The van der Waals surface area contributed by atoms with E-state index >= 15 is 0 Å². The monoisotopic (exact) mass is 680 g/mol. The van der Waals surface area contributed by atoms with Gasteiger partial charge in [0, 0.05) is 39.1 Å². The maximum Gasteiger partial charge on any atom is 0.148 e. The zero-order chi connectivity index (χ0) is 33.3. The molecule has 1 fully saturated rings. The molecule has 0 saturated heterocycles. The highest BCUT2D eigenvalue weighted by Crippen LogP contribution is 2.36. The van der Waals surface area contributed by atoms with Gasteiger partial charge in [-0.1, -0.05) is 61.6 Å². The maximum atomic E-state index is 6.91. The maximum absolute atomic E-state index is 6.91. The second kappa shape index (κ2) is 13.8. The number of rotatable bonds is 13. The fourth-order valence-electron chi connectivity index (χ4n) is 5.96. The topological polar surface area (TPSA) is 89.1 Å². The molecule has 3 heterocycles. The Hall–Kier alpha value is -4.09. The Morgan fingerprint density at radius 2 is 1.77 bits per heavy atom. The minimum absolute atomic E-state index is 0.307. The minimum Gasteiger partial charge on any atom is -0.456 e. The first-order valence-electron chi connectivity index (χ1n) is 16.5. The highest BCUT2D eigenvalue weighted by molar-refractivity contribution is 6.76. The van der Waals surface area contributed by atoms with E-state index in [0.717, 1.165) is 54.5 Å². The van der Waals surface area contributed by atoms with Crippen molar-refractivity contribution < 1.29 is 14.2 Å². The van der Waals surface area contributed by atoms with Gasteiger partial charge in [0.2, 0.25) is 0 Å². The van der Waals surface area contributed by atoms with E-state index in [4.69, 9.17) is 35.8 Å². The first kappa shape index (κ1) is 32.5. The summed E-state index contributed by atoms with van der Waals surface area (Å²) in [4.78, 5) is 14.2. The number of hydrogen-bond acceptors (Lipinski definition) is 7. The van der Waals surface area contributed by atoms with Crippen molar-refractivity contribution in [1.29, 1.82) is 0 Å². The zero-order valence-corrected chi connectivity index (χ0v) is 29.7. The van der Waals surface area contributed by atoms with Crippen molar-refractivity contribution >= 4 is 41.7 Å². The lowest BCUT2D eigenvalue weighted by molar-refractivity contribution is -0.0448. The lowest BCUT2D eigenvalue weighted by Gasteiger charge is -2.35. The van der Waals surface area contributed by atoms with Crippen molar-refractivity contribution in [2.75, 3.05) is 6.61 Å². The molecule has 0 amide bonds. The Bertz CT molecular complexity index is 2030. The van der Waals surface area contributed by atoms with Crippen molar-refractivity contribution in [3.8, 4) is 22.8 Å². The predicted molar refractivity (Wildman–Crippen MR) is 192 cm³/mol. The molecule has 0 radical (unpaired) electrons. The van der Waals surface area contributed by atoms with Gasteiger partial charge >= 0.3 is 0 Å². The van der Waals surface area contributed by atoms with Crippen LogP contribution in [0.5, 0.6) is 11.5 Å². The predicted octanol–water partition coefficient (Wildman–Crippen LogP) is 8.90. The Kier molecular flexibility index (Phi) is 9.33. The van der Waals surface area contributed by atoms with Gasteiger partial charge < -0.3 is 18.8 Å². The highest BCUT2D eigenvalue weighted by Gasteiger charge is 2.30. The van der Waals surface area contributed by atoms with Gasteiger partial charge in [-0.3, -0.25) is 9.67 Å². The average Bonchev–Trinajstić information content (AvgIpc) is 3.65. The SMILES string of the molecule is Cc1nc2ccc(Oc3ccc4ncc(-c5cnn(CC6CC(OCc7ccccc7)C6)c5)nc4c3Cl)cc2n1COCC[Si](C)(C)C. The van der Waals surface area contributed by atoms with E-state index in [-0.39, 0.29) is 0 Å². The van der Waals surface area contributed by atoms with Gasteiger partial charge in [0.1, 0.15) is 34.6 Å². The fourth-order valence-corrected chi connectivity index (χ4v) is 6.96. The van der Waals surface area contributed by atoms with Crippen LogP contribution >= 0.6 is 11.6 Å². The summed E-state index contributed by atoms with van der Waals surface area (Å²) in [6, 6.07) is 21.0. The molecule has 3 aromatic heterocycles. The zero-order valence-electron chi connectivity index (χ0n) is 27.9. The van der Waals surface area contributed by atoms with Crippen LogP contribution in [0.1, 0.15) is 24.2 Å². The second-order valence-electron chi connectivity index (χ2n) is 13.9. The molecule has 0 N–H and O–H groups in total. The number of aryl methyl sites for hydroxylation is 1. The van der Waals surface area contributed by atoms with E-state index in [1.54, 1.807) is 6.20 Å². The summed E-state index contributed by atoms with van der Waals surface area (Å²) in [5, 5.41) is 5.02. The van der Waals surface area contributed by atoms with Crippen LogP contribution in [0.2, 0.25) is 30.7 Å². The third-order valence-corrected chi connectivity index (χ3v) is 10.9. The molecule has 0 unspecified atom stereocenters. The van der Waals surface area contributed by atoms with Crippen LogP contribution in [0.25, 0.3) is 33.3 Å². The van der Waals surface area contributed by atoms with E-state index in [0.29, 0.717) is 58.6 Å². The van der Waals surface area contributed by atoms with Gasteiger partial charge in [-0.25, -0.2) is 9.97 Å². The summed E-state index contributed by atoms with van der Waals surface area (Å²) in [5.41, 5.74) is 5.93. The average molecular weight is 681 g/mol. The summed E-state index contributed by atoms with van der Waals surface area (Å²) in [6.45, 7) is 11.8. The third-order valence-electron chi connectivity index (χ3n) is 8.87. The highest BCUT2D eigenvalue weighted by atomic mass is 35.5. The summed E-state index contributed by atoms with van der Waals surface area (Å²) < 4.78 is 22.5. The first-order chi connectivity index (χ1) is 23.2. The second-order valence-corrected chi connectivity index (χ2v) is 19.9. The number of fused-ring (bicyclic) bond motifs is 2. The summed E-state index contributed by atoms with van der Waals surface area (Å²) in [5.74, 6) is 2.60. The molecular formula is C37H41ClN6O3Si. The summed E-state index contributed by atoms with van der Waals surface area (Å²) in [6.07, 6.45) is 8.01. The van der Waals surface area contributed by atoms with Crippen LogP contribution < -0.4 is 4.74 Å². The van der Waals surface area contributed by atoms with Crippen LogP contribution in [0, 0.1) is 12.8 Å². The van der Waals surface area contributed by atoms with Gasteiger partial charge in [0.25, 0.3) is 0 Å². The molecule has 48 heavy (non-hydrogen) atoms. The summed E-state index contributed by atoms with van der Waals surface area (Å²) in [7, 11) is -1.16. The quantitative estimate of drug-likeness (QED) is 0.0889. The molecule has 9 nitrogen and oxygen atoms in total. The molecule has 3 aromatic carbocycles. The Labute approximate surface area is 286 Å². The number of halogens is 1. The molecule has 1 aliphatic rings. The van der Waals surface area contributed by atoms with Crippen molar-refractivity contribution in [3.05, 3.63) is 95.7 Å². The third kappa shape index (κ3) is 7.47. The fraction of sp³-hybridized carbons (Fsp3) is 0.351. The molecule has 7 rings (SSSR count). The van der Waals surface area contributed by atoms with Crippen LogP contribution in [0.3, 0.4) is 0 Å². The Morgan fingerprint density at radius 1 is 0.958 bits per heavy atom. The number of hydrogen-bond donors (Lipinski definition) is 0. The van der Waals surface area contributed by atoms with Crippen molar-refractivity contribution in [2.24, 2.45) is 5.92 Å². The van der Waals surface area contributed by atoms with Crippen LogP contribution in [-0.2, 0) is 29.4 Å². The standard InChI is InChI=1S/C37H41ClN6O3Si/c1-25-41-31-11-10-29(18-34(31)44(25)24-45-14-15-48(2,3)4)47-35-13-12-32-37(36(35)38)42-33(20-39-32)28-19-40-43(22-28)21-27-16-30(17-27)46-23-26-8-6-5-7-9-26/h5-13,18-20,22,27,30H,14-17,21,23-24H2,1-4H3. The molecule has 0 bridgehead atoms. The van der Waals surface area contributed by atoms with Crippen LogP contribution in [-0.4, -0.2) is 50.1 Å². The molecule has 6 aromatic rings. The van der Waals surface area contributed by atoms with E-state index in [2.05, 4.69) is 46.4 Å². The van der Waals surface area contributed by atoms with Crippen LogP contribution in [0.15, 0.2) is 79.3 Å². The minimum atomic E-state index is -1.16. The first-order valence-corrected chi connectivity index (χ1v) is 20.6. The molecule has 0 aliphatic heterocycles. The van der Waals surface area contributed by atoms with E-state index in [1.807, 2.05) is 72.5 Å². The van der Waals surface area contributed by atoms with Crippen molar-refractivity contribution in [2.45, 2.75) is 71.4 Å². The van der Waals surface area contributed by atoms with Crippen molar-refractivity contribution in [1.82, 2.24) is 29.3 Å². The number of imidazole rings is 1. The van der Waals surface area contributed by atoms with Crippen LogP contribution in [0.4, 0.5) is 0 Å². The van der Waals surface area contributed by atoms with Gasteiger partial charge in [0.15, 0.2) is 0 Å². The lowest BCUT2D eigenvalue weighted by Crippen LogP contribution is -2.34. The molecule has 248 valence electrons. The lowest BCUT2D eigenvalue weighted by atomic mass is 9.82. The molecular weight excluding hydrogens is 640 g/mol. The number of aromatic nitrogens is 6. The number of benzene rings is 3. The molecule has 1 saturated carbocycles.